The number of carbonyl (C=O) groups excluding carboxylic acids is 2. The molecule has 2 heterocycles. The fourth-order valence-corrected chi connectivity index (χ4v) is 2.90. The molecule has 2 N–H and O–H groups in total. The maximum atomic E-state index is 12.6. The van der Waals surface area contributed by atoms with Gasteiger partial charge in [0.2, 0.25) is 0 Å². The van der Waals surface area contributed by atoms with E-state index in [9.17, 15) is 9.59 Å². The Hall–Kier alpha value is -3.13. The highest BCUT2D eigenvalue weighted by Crippen LogP contribution is 2.29. The smallest absolute Gasteiger partial charge is 0.269 e. The van der Waals surface area contributed by atoms with Gasteiger partial charge in [-0.2, -0.15) is 0 Å². The van der Waals surface area contributed by atoms with Crippen LogP contribution in [0.3, 0.4) is 0 Å². The molecular weight excluding hydrogens is 362 g/mol. The molecule has 0 aliphatic carbocycles. The number of methoxy groups -OCH3 is 2. The Morgan fingerprint density at radius 3 is 2.75 bits per heavy atom. The number of hydrogen-bond acceptors (Lipinski definition) is 6. The first-order chi connectivity index (χ1) is 13.6. The van der Waals surface area contributed by atoms with Gasteiger partial charge in [0, 0.05) is 31.0 Å². The largest absolute Gasteiger partial charge is 0.497 e. The maximum absolute atomic E-state index is 12.6. The van der Waals surface area contributed by atoms with Crippen LogP contribution >= 0.6 is 0 Å². The van der Waals surface area contributed by atoms with Crippen LogP contribution in [0, 0.1) is 0 Å². The van der Waals surface area contributed by atoms with Gasteiger partial charge in [-0.1, -0.05) is 0 Å². The fraction of sp³-hybridized carbons (Fsp3) is 0.350. The third-order valence-corrected chi connectivity index (χ3v) is 4.42. The molecule has 2 amide bonds. The maximum Gasteiger partial charge on any atom is 0.269 e. The van der Waals surface area contributed by atoms with Crippen LogP contribution in [0.4, 0.5) is 5.69 Å². The minimum Gasteiger partial charge on any atom is -0.497 e. The Labute approximate surface area is 163 Å². The lowest BCUT2D eigenvalue weighted by Crippen LogP contribution is -2.32. The Bertz CT molecular complexity index is 849. The van der Waals surface area contributed by atoms with Crippen molar-refractivity contribution in [2.24, 2.45) is 0 Å². The van der Waals surface area contributed by atoms with E-state index in [1.165, 1.54) is 26.5 Å². The van der Waals surface area contributed by atoms with Crippen LogP contribution in [-0.2, 0) is 4.74 Å². The van der Waals surface area contributed by atoms with Crippen molar-refractivity contribution in [2.75, 3.05) is 32.7 Å². The zero-order valence-electron chi connectivity index (χ0n) is 15.9. The zero-order chi connectivity index (χ0) is 19.9. The van der Waals surface area contributed by atoms with Crippen molar-refractivity contribution in [2.45, 2.75) is 18.9 Å². The first-order valence-corrected chi connectivity index (χ1v) is 9.00. The van der Waals surface area contributed by atoms with Gasteiger partial charge < -0.3 is 24.8 Å². The molecule has 0 spiro atoms. The lowest BCUT2D eigenvalue weighted by Gasteiger charge is -2.12. The third-order valence-electron chi connectivity index (χ3n) is 4.42. The topological polar surface area (TPSA) is 98.8 Å². The quantitative estimate of drug-likeness (QED) is 0.759. The summed E-state index contributed by atoms with van der Waals surface area (Å²) in [6.45, 7) is 1.15. The summed E-state index contributed by atoms with van der Waals surface area (Å²) >= 11 is 0. The first kappa shape index (κ1) is 19.6. The standard InChI is InChI=1S/C20H23N3O5/c1-26-14-5-6-18(27-2)16(11-14)23-19(24)13-7-8-21-17(10-13)20(25)22-12-15-4-3-9-28-15/h5-8,10-11,15H,3-4,9,12H2,1-2H3,(H,22,25)(H,23,24). The molecule has 8 heteroatoms. The van der Waals surface area contributed by atoms with E-state index in [4.69, 9.17) is 14.2 Å². The second-order valence-corrected chi connectivity index (χ2v) is 6.30. The molecule has 1 aliphatic rings. The summed E-state index contributed by atoms with van der Waals surface area (Å²) in [6, 6.07) is 8.08. The average molecular weight is 385 g/mol. The number of amides is 2. The summed E-state index contributed by atoms with van der Waals surface area (Å²) in [5, 5.41) is 5.57. The van der Waals surface area contributed by atoms with E-state index in [-0.39, 0.29) is 23.6 Å². The van der Waals surface area contributed by atoms with E-state index in [2.05, 4.69) is 15.6 Å². The normalized spacial score (nSPS) is 15.7. The van der Waals surface area contributed by atoms with E-state index < -0.39 is 0 Å². The van der Waals surface area contributed by atoms with Crippen LogP contribution in [0.25, 0.3) is 0 Å². The zero-order valence-corrected chi connectivity index (χ0v) is 15.9. The number of pyridine rings is 1. The molecule has 1 atom stereocenters. The molecule has 0 saturated carbocycles. The Balaban J connectivity index is 1.69. The van der Waals surface area contributed by atoms with E-state index >= 15 is 0 Å². The summed E-state index contributed by atoms with van der Waals surface area (Å²) in [5.41, 5.74) is 0.943. The summed E-state index contributed by atoms with van der Waals surface area (Å²) in [4.78, 5) is 29.0. The van der Waals surface area contributed by atoms with E-state index in [1.54, 1.807) is 24.3 Å². The predicted octanol–water partition coefficient (Wildman–Crippen LogP) is 2.26. The minimum atomic E-state index is -0.387. The molecule has 28 heavy (non-hydrogen) atoms. The molecule has 1 saturated heterocycles. The molecule has 0 radical (unpaired) electrons. The van der Waals surface area contributed by atoms with Crippen LogP contribution in [0.15, 0.2) is 36.5 Å². The molecular formula is C20H23N3O5. The number of nitrogens with one attached hydrogen (secondary N) is 2. The van der Waals surface area contributed by atoms with Crippen LogP contribution in [0.1, 0.15) is 33.7 Å². The predicted molar refractivity (Wildman–Crippen MR) is 103 cm³/mol. The van der Waals surface area contributed by atoms with Gasteiger partial charge >= 0.3 is 0 Å². The Morgan fingerprint density at radius 1 is 1.18 bits per heavy atom. The molecule has 1 fully saturated rings. The second-order valence-electron chi connectivity index (χ2n) is 6.30. The van der Waals surface area contributed by atoms with Crippen LogP contribution in [0.5, 0.6) is 11.5 Å². The minimum absolute atomic E-state index is 0.0379. The summed E-state index contributed by atoms with van der Waals surface area (Å²) in [5.74, 6) is 0.351. The summed E-state index contributed by atoms with van der Waals surface area (Å²) in [6.07, 6.45) is 3.40. The van der Waals surface area contributed by atoms with E-state index in [0.29, 0.717) is 29.3 Å². The van der Waals surface area contributed by atoms with Crippen molar-refractivity contribution in [1.29, 1.82) is 0 Å². The number of benzene rings is 1. The molecule has 1 aromatic heterocycles. The van der Waals surface area contributed by atoms with Crippen LogP contribution < -0.4 is 20.1 Å². The molecule has 0 bridgehead atoms. The van der Waals surface area contributed by atoms with Gasteiger partial charge in [0.25, 0.3) is 11.8 Å². The van der Waals surface area contributed by atoms with Crippen molar-refractivity contribution in [3.63, 3.8) is 0 Å². The molecule has 1 aliphatic heterocycles. The average Bonchev–Trinajstić information content (AvgIpc) is 3.25. The van der Waals surface area contributed by atoms with Gasteiger partial charge in [-0.3, -0.25) is 14.6 Å². The Kier molecular flexibility index (Phi) is 6.44. The van der Waals surface area contributed by atoms with Crippen molar-refractivity contribution < 1.29 is 23.8 Å². The highest BCUT2D eigenvalue weighted by Gasteiger charge is 2.18. The third kappa shape index (κ3) is 4.77. The monoisotopic (exact) mass is 385 g/mol. The van der Waals surface area contributed by atoms with Gasteiger partial charge in [-0.25, -0.2) is 0 Å². The SMILES string of the molecule is COc1ccc(OC)c(NC(=O)c2ccnc(C(=O)NCC3CCCO3)c2)c1. The van der Waals surface area contributed by atoms with Crippen molar-refractivity contribution in [1.82, 2.24) is 10.3 Å². The number of anilines is 1. The number of ether oxygens (including phenoxy) is 3. The van der Waals surface area contributed by atoms with Gasteiger partial charge in [0.1, 0.15) is 17.2 Å². The van der Waals surface area contributed by atoms with Gasteiger partial charge in [-0.05, 0) is 37.1 Å². The molecule has 148 valence electrons. The fourth-order valence-electron chi connectivity index (χ4n) is 2.90. The lowest BCUT2D eigenvalue weighted by atomic mass is 10.2. The van der Waals surface area contributed by atoms with Crippen LogP contribution in [0.2, 0.25) is 0 Å². The van der Waals surface area contributed by atoms with Gasteiger partial charge in [-0.15, -0.1) is 0 Å². The van der Waals surface area contributed by atoms with Gasteiger partial charge in [0.15, 0.2) is 0 Å². The Morgan fingerprint density at radius 2 is 2.04 bits per heavy atom. The highest BCUT2D eigenvalue weighted by atomic mass is 16.5. The number of hydrogen-bond donors (Lipinski definition) is 2. The highest BCUT2D eigenvalue weighted by molar-refractivity contribution is 6.06. The molecule has 1 unspecified atom stereocenters. The van der Waals surface area contributed by atoms with Crippen LogP contribution in [-0.4, -0.2) is 50.3 Å². The van der Waals surface area contributed by atoms with E-state index in [0.717, 1.165) is 19.4 Å². The number of carbonyl (C=O) groups is 2. The summed E-state index contributed by atoms with van der Waals surface area (Å²) in [7, 11) is 3.05. The van der Waals surface area contributed by atoms with Crippen molar-refractivity contribution in [3.8, 4) is 11.5 Å². The first-order valence-electron chi connectivity index (χ1n) is 9.00. The number of aromatic nitrogens is 1. The summed E-state index contributed by atoms with van der Waals surface area (Å²) < 4.78 is 15.9. The number of nitrogens with zero attached hydrogens (tertiary/aromatic N) is 1. The lowest BCUT2D eigenvalue weighted by molar-refractivity contribution is 0.0853. The van der Waals surface area contributed by atoms with Crippen molar-refractivity contribution in [3.05, 3.63) is 47.8 Å². The molecule has 1 aromatic carbocycles. The van der Waals surface area contributed by atoms with Crippen molar-refractivity contribution >= 4 is 17.5 Å². The number of rotatable bonds is 7. The molecule has 2 aromatic rings. The second kappa shape index (κ2) is 9.18. The molecule has 8 nitrogen and oxygen atoms in total. The van der Waals surface area contributed by atoms with Gasteiger partial charge in [0.05, 0.1) is 26.0 Å². The van der Waals surface area contributed by atoms with E-state index in [1.807, 2.05) is 0 Å². The molecule has 3 rings (SSSR count).